The number of thioether (sulfide) groups is 1. The van der Waals surface area contributed by atoms with Crippen LogP contribution in [-0.2, 0) is 9.47 Å². The van der Waals surface area contributed by atoms with Crippen molar-refractivity contribution in [2.24, 2.45) is 0 Å². The van der Waals surface area contributed by atoms with Crippen molar-refractivity contribution in [3.8, 4) is 0 Å². The summed E-state index contributed by atoms with van der Waals surface area (Å²) in [6.07, 6.45) is 0. The molecular formula is C23H27N3O5S. The molecule has 170 valence electrons. The van der Waals surface area contributed by atoms with Crippen molar-refractivity contribution in [3.63, 3.8) is 0 Å². The molecule has 1 aromatic carbocycles. The van der Waals surface area contributed by atoms with Crippen molar-refractivity contribution >= 4 is 34.4 Å². The average molecular weight is 458 g/mol. The molecule has 3 rings (SSSR count). The number of methoxy groups -OCH3 is 1. The van der Waals surface area contributed by atoms with Crippen molar-refractivity contribution in [1.29, 1.82) is 0 Å². The van der Waals surface area contributed by atoms with Gasteiger partial charge >= 0.3 is 5.97 Å². The number of H-pyrrole nitrogens is 1. The van der Waals surface area contributed by atoms with Crippen LogP contribution in [0.25, 0.3) is 10.9 Å². The number of Topliss-reactive ketones (excluding diaryl/α,β-unsaturated/α-hetero) is 1. The lowest BCUT2D eigenvalue weighted by Gasteiger charge is -2.18. The first-order valence-electron chi connectivity index (χ1n) is 10.3. The fourth-order valence-electron chi connectivity index (χ4n) is 3.72. The number of aromatic amines is 1. The maximum Gasteiger partial charge on any atom is 0.340 e. The van der Waals surface area contributed by atoms with E-state index in [1.54, 1.807) is 50.6 Å². The Morgan fingerprint density at radius 1 is 1.19 bits per heavy atom. The number of carbonyl (C=O) groups is 2. The smallest absolute Gasteiger partial charge is 0.340 e. The molecule has 0 saturated heterocycles. The maximum atomic E-state index is 13.2. The Morgan fingerprint density at radius 3 is 2.56 bits per heavy atom. The predicted molar refractivity (Wildman–Crippen MR) is 124 cm³/mol. The lowest BCUT2D eigenvalue weighted by Crippen LogP contribution is -2.28. The summed E-state index contributed by atoms with van der Waals surface area (Å²) in [5.41, 5.74) is 2.14. The third kappa shape index (κ3) is 4.63. The van der Waals surface area contributed by atoms with Gasteiger partial charge in [-0.3, -0.25) is 14.2 Å². The van der Waals surface area contributed by atoms with E-state index in [0.29, 0.717) is 39.6 Å². The molecule has 0 aliphatic carbocycles. The number of fused-ring (bicyclic) bond motifs is 1. The summed E-state index contributed by atoms with van der Waals surface area (Å²) in [5, 5.41) is 0.932. The van der Waals surface area contributed by atoms with Crippen LogP contribution in [0.2, 0.25) is 0 Å². The molecule has 2 heterocycles. The van der Waals surface area contributed by atoms with E-state index in [1.807, 2.05) is 13.0 Å². The normalized spacial score (nSPS) is 12.2. The molecule has 9 heteroatoms. The van der Waals surface area contributed by atoms with E-state index in [1.165, 1.54) is 11.8 Å². The Labute approximate surface area is 190 Å². The number of para-hydroxylation sites is 1. The Balaban J connectivity index is 1.98. The van der Waals surface area contributed by atoms with Crippen LogP contribution < -0.4 is 5.56 Å². The van der Waals surface area contributed by atoms with Crippen molar-refractivity contribution in [3.05, 3.63) is 57.1 Å². The number of benzene rings is 1. The summed E-state index contributed by atoms with van der Waals surface area (Å²) in [6.45, 7) is 7.61. The van der Waals surface area contributed by atoms with Crippen LogP contribution in [0.5, 0.6) is 0 Å². The van der Waals surface area contributed by atoms with Crippen molar-refractivity contribution in [2.75, 3.05) is 26.1 Å². The third-order valence-corrected chi connectivity index (χ3v) is 6.04. The number of nitrogens with zero attached hydrogens (tertiary/aromatic N) is 2. The van der Waals surface area contributed by atoms with Crippen LogP contribution in [-0.4, -0.2) is 52.4 Å². The molecule has 0 saturated carbocycles. The summed E-state index contributed by atoms with van der Waals surface area (Å²) in [5.74, 6) is -0.764. The molecule has 0 bridgehead atoms. The summed E-state index contributed by atoms with van der Waals surface area (Å²) in [4.78, 5) is 46.4. The van der Waals surface area contributed by atoms with Gasteiger partial charge in [0.25, 0.3) is 5.56 Å². The number of rotatable bonds is 9. The molecule has 3 aromatic rings. The molecule has 0 fully saturated rings. The van der Waals surface area contributed by atoms with Crippen LogP contribution >= 0.6 is 11.8 Å². The Kier molecular flexibility index (Phi) is 7.52. The van der Waals surface area contributed by atoms with E-state index in [9.17, 15) is 14.4 Å². The number of aryl methyl sites for hydroxylation is 2. The van der Waals surface area contributed by atoms with Crippen molar-refractivity contribution < 1.29 is 19.1 Å². The summed E-state index contributed by atoms with van der Waals surface area (Å²) >= 11 is 1.17. The van der Waals surface area contributed by atoms with E-state index in [4.69, 9.17) is 9.47 Å². The Bertz CT molecular complexity index is 1210. The lowest BCUT2D eigenvalue weighted by atomic mass is 10.1. The zero-order valence-corrected chi connectivity index (χ0v) is 19.7. The quantitative estimate of drug-likeness (QED) is 0.226. The van der Waals surface area contributed by atoms with Crippen molar-refractivity contribution in [1.82, 2.24) is 14.5 Å². The fourth-order valence-corrected chi connectivity index (χ4v) is 4.69. The number of carbonyl (C=O) groups excluding carboxylic acids is 2. The molecule has 0 spiro atoms. The number of ketones is 1. The van der Waals surface area contributed by atoms with Crippen LogP contribution in [0, 0.1) is 13.8 Å². The van der Waals surface area contributed by atoms with Gasteiger partial charge in [-0.05, 0) is 39.8 Å². The first-order chi connectivity index (χ1) is 15.3. The number of aromatic nitrogens is 3. The highest BCUT2D eigenvalue weighted by Gasteiger charge is 2.26. The topological polar surface area (TPSA) is 103 Å². The largest absolute Gasteiger partial charge is 0.462 e. The van der Waals surface area contributed by atoms with Gasteiger partial charge in [-0.2, -0.15) is 0 Å². The van der Waals surface area contributed by atoms with Gasteiger partial charge in [0, 0.05) is 18.5 Å². The van der Waals surface area contributed by atoms with Gasteiger partial charge in [0.2, 0.25) is 0 Å². The molecule has 0 amide bonds. The standard InChI is InChI=1S/C23H27N3O5S/c1-6-31-22(29)20-15(4)24-14(3)19(20)18(27)12-32-23-25-17-10-8-7-9-16(17)21(28)26(23)13(2)11-30-5/h7-10,13,24H,6,11-12H2,1-5H3. The predicted octanol–water partition coefficient (Wildman–Crippen LogP) is 3.70. The molecule has 8 nitrogen and oxygen atoms in total. The highest BCUT2D eigenvalue weighted by Crippen LogP contribution is 2.25. The minimum atomic E-state index is -0.530. The van der Waals surface area contributed by atoms with E-state index in [0.717, 1.165) is 0 Å². The number of nitrogens with one attached hydrogen (secondary N) is 1. The van der Waals surface area contributed by atoms with Gasteiger partial charge in [0.05, 0.1) is 47.0 Å². The monoisotopic (exact) mass is 457 g/mol. The van der Waals surface area contributed by atoms with Crippen LogP contribution in [0.15, 0.2) is 34.2 Å². The SMILES string of the molecule is CCOC(=O)c1c(C)[nH]c(C)c1C(=O)CSc1nc2ccccc2c(=O)n1C(C)COC. The summed E-state index contributed by atoms with van der Waals surface area (Å²) in [6, 6.07) is 6.84. The highest BCUT2D eigenvalue weighted by molar-refractivity contribution is 7.99. The van der Waals surface area contributed by atoms with Gasteiger partial charge in [0.1, 0.15) is 0 Å². The van der Waals surface area contributed by atoms with Gasteiger partial charge < -0.3 is 14.5 Å². The number of ether oxygens (including phenoxy) is 2. The second kappa shape index (κ2) is 10.1. The average Bonchev–Trinajstić information content (AvgIpc) is 3.06. The second-order valence-electron chi connectivity index (χ2n) is 7.45. The summed E-state index contributed by atoms with van der Waals surface area (Å²) in [7, 11) is 1.57. The minimum Gasteiger partial charge on any atom is -0.462 e. The molecule has 0 aliphatic heterocycles. The molecule has 0 radical (unpaired) electrons. The molecule has 0 aliphatic rings. The molecule has 1 unspecified atom stereocenters. The molecule has 2 aromatic heterocycles. The zero-order valence-electron chi connectivity index (χ0n) is 18.9. The zero-order chi connectivity index (χ0) is 23.4. The maximum absolute atomic E-state index is 13.2. The Morgan fingerprint density at radius 2 is 1.88 bits per heavy atom. The van der Waals surface area contributed by atoms with E-state index in [2.05, 4.69) is 9.97 Å². The molecule has 1 N–H and O–H groups in total. The highest BCUT2D eigenvalue weighted by atomic mass is 32.2. The van der Waals surface area contributed by atoms with Gasteiger partial charge in [0.15, 0.2) is 10.9 Å². The number of hydrogen-bond donors (Lipinski definition) is 1. The van der Waals surface area contributed by atoms with E-state index >= 15 is 0 Å². The van der Waals surface area contributed by atoms with Gasteiger partial charge in [-0.15, -0.1) is 0 Å². The molecule has 32 heavy (non-hydrogen) atoms. The van der Waals surface area contributed by atoms with Crippen LogP contribution in [0.1, 0.15) is 52.0 Å². The number of hydrogen-bond acceptors (Lipinski definition) is 7. The summed E-state index contributed by atoms with van der Waals surface area (Å²) < 4.78 is 11.9. The lowest BCUT2D eigenvalue weighted by molar-refractivity contribution is 0.0522. The first-order valence-corrected chi connectivity index (χ1v) is 11.3. The fraction of sp³-hybridized carbons (Fsp3) is 0.391. The van der Waals surface area contributed by atoms with Crippen LogP contribution in [0.3, 0.4) is 0 Å². The van der Waals surface area contributed by atoms with Crippen LogP contribution in [0.4, 0.5) is 0 Å². The van der Waals surface area contributed by atoms with Crippen molar-refractivity contribution in [2.45, 2.75) is 38.9 Å². The van der Waals surface area contributed by atoms with Gasteiger partial charge in [-0.1, -0.05) is 23.9 Å². The van der Waals surface area contributed by atoms with Gasteiger partial charge in [-0.25, -0.2) is 9.78 Å². The minimum absolute atomic E-state index is 0.00895. The molecular weight excluding hydrogens is 430 g/mol. The van der Waals surface area contributed by atoms with E-state index < -0.39 is 5.97 Å². The number of esters is 1. The first kappa shape index (κ1) is 23.7. The molecule has 1 atom stereocenters. The second-order valence-corrected chi connectivity index (χ2v) is 8.39. The van der Waals surface area contributed by atoms with E-state index in [-0.39, 0.29) is 35.3 Å². The Hall–Kier alpha value is -2.91. The third-order valence-electron chi connectivity index (χ3n) is 5.09.